The van der Waals surface area contributed by atoms with Gasteiger partial charge < -0.3 is 24.4 Å². The Morgan fingerprint density at radius 2 is 2.04 bits per heavy atom. The smallest absolute Gasteiger partial charge is 0.161 e. The highest BCUT2D eigenvalue weighted by molar-refractivity contribution is 5.43. The van der Waals surface area contributed by atoms with Gasteiger partial charge in [0.05, 0.1) is 19.8 Å². The summed E-state index contributed by atoms with van der Waals surface area (Å²) in [4.78, 5) is 6.31. The number of aromatic nitrogens is 1. The fourth-order valence-electron chi connectivity index (χ4n) is 2.95. The van der Waals surface area contributed by atoms with Crippen molar-refractivity contribution in [1.29, 1.82) is 0 Å². The monoisotopic (exact) mass is 357 g/mol. The van der Waals surface area contributed by atoms with Gasteiger partial charge in [-0.3, -0.25) is 4.98 Å². The van der Waals surface area contributed by atoms with Crippen LogP contribution < -0.4 is 14.8 Å². The van der Waals surface area contributed by atoms with E-state index in [9.17, 15) is 0 Å². The Morgan fingerprint density at radius 3 is 2.81 bits per heavy atom. The topological polar surface area (TPSA) is 55.9 Å². The second kappa shape index (κ2) is 9.52. The van der Waals surface area contributed by atoms with Crippen LogP contribution in [-0.4, -0.2) is 56.4 Å². The Labute approximate surface area is 155 Å². The van der Waals surface area contributed by atoms with E-state index in [-0.39, 0.29) is 6.10 Å². The Kier molecular flexibility index (Phi) is 6.82. The van der Waals surface area contributed by atoms with Gasteiger partial charge in [0.2, 0.25) is 0 Å². The summed E-state index contributed by atoms with van der Waals surface area (Å²) in [5, 5.41) is 3.47. The SMILES string of the molecule is COc1cc(CNCC2CN(C)CCO2)ccc1OCc1ccncc1. The Bertz CT molecular complexity index is 681. The Balaban J connectivity index is 1.51. The van der Waals surface area contributed by atoms with E-state index < -0.39 is 0 Å². The van der Waals surface area contributed by atoms with E-state index in [1.165, 1.54) is 0 Å². The van der Waals surface area contributed by atoms with Gasteiger partial charge in [-0.15, -0.1) is 0 Å². The zero-order chi connectivity index (χ0) is 18.2. The van der Waals surface area contributed by atoms with Crippen molar-refractivity contribution in [3.63, 3.8) is 0 Å². The third kappa shape index (κ3) is 5.42. The molecule has 2 heterocycles. The summed E-state index contributed by atoms with van der Waals surface area (Å²) in [5.41, 5.74) is 2.23. The first-order valence-electron chi connectivity index (χ1n) is 8.94. The summed E-state index contributed by atoms with van der Waals surface area (Å²) < 4.78 is 17.1. The molecule has 0 bridgehead atoms. The highest BCUT2D eigenvalue weighted by Crippen LogP contribution is 2.28. The third-order valence-electron chi connectivity index (χ3n) is 4.41. The van der Waals surface area contributed by atoms with Crippen LogP contribution >= 0.6 is 0 Å². The molecule has 26 heavy (non-hydrogen) atoms. The highest BCUT2D eigenvalue weighted by atomic mass is 16.5. The molecule has 2 aromatic rings. The number of morpholine rings is 1. The van der Waals surface area contributed by atoms with Crippen LogP contribution in [0.3, 0.4) is 0 Å². The number of rotatable bonds is 8. The van der Waals surface area contributed by atoms with E-state index in [4.69, 9.17) is 14.2 Å². The second-order valence-corrected chi connectivity index (χ2v) is 6.52. The molecule has 1 saturated heterocycles. The molecular weight excluding hydrogens is 330 g/mol. The van der Waals surface area contributed by atoms with Crippen LogP contribution in [0.4, 0.5) is 0 Å². The molecule has 0 radical (unpaired) electrons. The molecule has 0 saturated carbocycles. The molecule has 0 spiro atoms. The van der Waals surface area contributed by atoms with Crippen LogP contribution in [0.25, 0.3) is 0 Å². The van der Waals surface area contributed by atoms with E-state index in [2.05, 4.69) is 28.3 Å². The second-order valence-electron chi connectivity index (χ2n) is 6.52. The summed E-state index contributed by atoms with van der Waals surface area (Å²) >= 11 is 0. The molecule has 1 aliphatic heterocycles. The van der Waals surface area contributed by atoms with E-state index in [1.54, 1.807) is 19.5 Å². The van der Waals surface area contributed by atoms with Crippen molar-refractivity contribution in [3.05, 3.63) is 53.9 Å². The van der Waals surface area contributed by atoms with Gasteiger partial charge in [0, 0.05) is 38.6 Å². The summed E-state index contributed by atoms with van der Waals surface area (Å²) in [6.45, 7) is 4.88. The zero-order valence-electron chi connectivity index (χ0n) is 15.5. The van der Waals surface area contributed by atoms with Crippen LogP contribution in [0.15, 0.2) is 42.7 Å². The lowest BCUT2D eigenvalue weighted by Crippen LogP contribution is -2.44. The highest BCUT2D eigenvalue weighted by Gasteiger charge is 2.17. The maximum atomic E-state index is 5.88. The van der Waals surface area contributed by atoms with Crippen molar-refractivity contribution < 1.29 is 14.2 Å². The molecule has 1 atom stereocenters. The third-order valence-corrected chi connectivity index (χ3v) is 4.41. The maximum absolute atomic E-state index is 5.88. The average molecular weight is 357 g/mol. The molecule has 0 aliphatic carbocycles. The van der Waals surface area contributed by atoms with Crippen molar-refractivity contribution in [3.8, 4) is 11.5 Å². The van der Waals surface area contributed by atoms with Crippen LogP contribution in [0.5, 0.6) is 11.5 Å². The molecule has 6 nitrogen and oxygen atoms in total. The number of pyridine rings is 1. The lowest BCUT2D eigenvalue weighted by atomic mass is 10.2. The molecule has 6 heteroatoms. The molecular formula is C20H27N3O3. The van der Waals surface area contributed by atoms with Gasteiger partial charge in [0.25, 0.3) is 0 Å². The van der Waals surface area contributed by atoms with Gasteiger partial charge in [-0.05, 0) is 42.4 Å². The summed E-state index contributed by atoms with van der Waals surface area (Å²) in [7, 11) is 3.79. The van der Waals surface area contributed by atoms with E-state index in [1.807, 2.05) is 24.3 Å². The summed E-state index contributed by atoms with van der Waals surface area (Å²) in [6.07, 6.45) is 3.77. The van der Waals surface area contributed by atoms with Gasteiger partial charge >= 0.3 is 0 Å². The van der Waals surface area contributed by atoms with E-state index in [0.717, 1.165) is 55.4 Å². The average Bonchev–Trinajstić information content (AvgIpc) is 2.67. The molecule has 1 unspecified atom stereocenters. The largest absolute Gasteiger partial charge is 0.493 e. The van der Waals surface area contributed by atoms with Crippen LogP contribution in [0, 0.1) is 0 Å². The number of hydrogen-bond donors (Lipinski definition) is 1. The van der Waals surface area contributed by atoms with Crippen LogP contribution in [0.1, 0.15) is 11.1 Å². The Morgan fingerprint density at radius 1 is 1.19 bits per heavy atom. The zero-order valence-corrected chi connectivity index (χ0v) is 15.5. The first-order valence-corrected chi connectivity index (χ1v) is 8.94. The predicted molar refractivity (Wildman–Crippen MR) is 101 cm³/mol. The number of hydrogen-bond acceptors (Lipinski definition) is 6. The van der Waals surface area contributed by atoms with E-state index >= 15 is 0 Å². The number of likely N-dealkylation sites (N-methyl/N-ethyl adjacent to an activating group) is 1. The summed E-state index contributed by atoms with van der Waals surface area (Å²) in [6, 6.07) is 9.92. The first-order chi connectivity index (χ1) is 12.7. The molecule has 3 rings (SSSR count). The maximum Gasteiger partial charge on any atom is 0.161 e. The standard InChI is InChI=1S/C20H27N3O3/c1-23-9-10-25-18(14-23)13-22-12-17-3-4-19(20(11-17)24-2)26-15-16-5-7-21-8-6-16/h3-8,11,18,22H,9-10,12-15H2,1-2H3. The molecule has 0 amide bonds. The van der Waals surface area contributed by atoms with Crippen molar-refractivity contribution in [2.45, 2.75) is 19.3 Å². The lowest BCUT2D eigenvalue weighted by molar-refractivity contribution is -0.0182. The molecule has 1 N–H and O–H groups in total. The lowest BCUT2D eigenvalue weighted by Gasteiger charge is -2.30. The minimum atomic E-state index is 0.249. The van der Waals surface area contributed by atoms with Crippen LogP contribution in [0.2, 0.25) is 0 Å². The normalized spacial score (nSPS) is 17.8. The van der Waals surface area contributed by atoms with Crippen LogP contribution in [-0.2, 0) is 17.9 Å². The van der Waals surface area contributed by atoms with Gasteiger partial charge in [-0.25, -0.2) is 0 Å². The molecule has 140 valence electrons. The van der Waals surface area contributed by atoms with Crippen molar-refractivity contribution in [2.75, 3.05) is 40.4 Å². The fraction of sp³-hybridized carbons (Fsp3) is 0.450. The minimum Gasteiger partial charge on any atom is -0.493 e. The van der Waals surface area contributed by atoms with Gasteiger partial charge in [0.15, 0.2) is 11.5 Å². The number of ether oxygens (including phenoxy) is 3. The molecule has 1 aliphatic rings. The molecule has 1 aromatic heterocycles. The molecule has 1 aromatic carbocycles. The van der Waals surface area contributed by atoms with Crippen molar-refractivity contribution in [2.24, 2.45) is 0 Å². The van der Waals surface area contributed by atoms with Gasteiger partial charge in [-0.1, -0.05) is 6.07 Å². The predicted octanol–water partition coefficient (Wildman–Crippen LogP) is 2.09. The summed E-state index contributed by atoms with van der Waals surface area (Å²) in [5.74, 6) is 1.48. The van der Waals surface area contributed by atoms with E-state index in [0.29, 0.717) is 6.61 Å². The van der Waals surface area contributed by atoms with Crippen molar-refractivity contribution in [1.82, 2.24) is 15.2 Å². The minimum absolute atomic E-state index is 0.249. The first kappa shape index (κ1) is 18.6. The number of nitrogens with zero attached hydrogens (tertiary/aromatic N) is 2. The fourth-order valence-corrected chi connectivity index (χ4v) is 2.95. The van der Waals surface area contributed by atoms with Crippen molar-refractivity contribution >= 4 is 0 Å². The Hall–Kier alpha value is -2.15. The number of nitrogens with one attached hydrogen (secondary N) is 1. The number of methoxy groups -OCH3 is 1. The number of benzene rings is 1. The van der Waals surface area contributed by atoms with Gasteiger partial charge in [-0.2, -0.15) is 0 Å². The quantitative estimate of drug-likeness (QED) is 0.781. The molecule has 1 fully saturated rings. The van der Waals surface area contributed by atoms with Gasteiger partial charge in [0.1, 0.15) is 6.61 Å².